The molecule has 0 unspecified atom stereocenters. The number of rotatable bonds is 8. The molecule has 0 bridgehead atoms. The third kappa shape index (κ3) is 5.09. The van der Waals surface area contributed by atoms with Gasteiger partial charge < -0.3 is 5.32 Å². The summed E-state index contributed by atoms with van der Waals surface area (Å²) in [7, 11) is 0. The van der Waals surface area contributed by atoms with Crippen LogP contribution >= 0.6 is 23.1 Å². The third-order valence-electron chi connectivity index (χ3n) is 3.12. The molecule has 2 nitrogen and oxygen atoms in total. The SMILES string of the molecule is CC(C)CSCc1nc(C(C)C)c(CNC2CC2)s1. The Balaban J connectivity index is 1.93. The van der Waals surface area contributed by atoms with Crippen LogP contribution in [0, 0.1) is 5.92 Å². The molecule has 0 radical (unpaired) electrons. The lowest BCUT2D eigenvalue weighted by Gasteiger charge is -2.05. The summed E-state index contributed by atoms with van der Waals surface area (Å²) < 4.78 is 0. The molecule has 1 aliphatic rings. The van der Waals surface area contributed by atoms with Crippen LogP contribution in [0.3, 0.4) is 0 Å². The number of hydrogen-bond donors (Lipinski definition) is 1. The van der Waals surface area contributed by atoms with E-state index in [2.05, 4.69) is 33.0 Å². The van der Waals surface area contributed by atoms with E-state index in [1.807, 2.05) is 23.1 Å². The van der Waals surface area contributed by atoms with Crippen molar-refractivity contribution >= 4 is 23.1 Å². The molecule has 2 rings (SSSR count). The van der Waals surface area contributed by atoms with Crippen molar-refractivity contribution < 1.29 is 0 Å². The first kappa shape index (κ1) is 15.3. The average Bonchev–Trinajstić information content (AvgIpc) is 3.07. The van der Waals surface area contributed by atoms with Crippen LogP contribution in [0.4, 0.5) is 0 Å². The summed E-state index contributed by atoms with van der Waals surface area (Å²) in [6.07, 6.45) is 2.71. The van der Waals surface area contributed by atoms with Gasteiger partial charge in [0.1, 0.15) is 5.01 Å². The Kier molecular flexibility index (Phi) is 5.72. The fourth-order valence-corrected chi connectivity index (χ4v) is 4.24. The van der Waals surface area contributed by atoms with Crippen molar-refractivity contribution in [2.24, 2.45) is 5.92 Å². The first-order chi connectivity index (χ1) is 9.06. The van der Waals surface area contributed by atoms with Gasteiger partial charge in [-0.3, -0.25) is 0 Å². The van der Waals surface area contributed by atoms with Crippen LogP contribution < -0.4 is 5.32 Å². The van der Waals surface area contributed by atoms with E-state index in [1.165, 1.54) is 34.2 Å². The van der Waals surface area contributed by atoms with E-state index < -0.39 is 0 Å². The highest BCUT2D eigenvalue weighted by molar-refractivity contribution is 7.98. The lowest BCUT2D eigenvalue weighted by molar-refractivity contribution is 0.680. The van der Waals surface area contributed by atoms with Crippen LogP contribution in [0.25, 0.3) is 0 Å². The van der Waals surface area contributed by atoms with Gasteiger partial charge in [-0.15, -0.1) is 11.3 Å². The molecule has 4 heteroatoms. The van der Waals surface area contributed by atoms with Crippen LogP contribution in [0.5, 0.6) is 0 Å². The maximum atomic E-state index is 4.86. The van der Waals surface area contributed by atoms with Gasteiger partial charge in [0.05, 0.1) is 5.69 Å². The minimum Gasteiger partial charge on any atom is -0.309 e. The van der Waals surface area contributed by atoms with Crippen molar-refractivity contribution in [2.75, 3.05) is 5.75 Å². The highest BCUT2D eigenvalue weighted by Crippen LogP contribution is 2.29. The van der Waals surface area contributed by atoms with Crippen molar-refractivity contribution in [1.82, 2.24) is 10.3 Å². The van der Waals surface area contributed by atoms with E-state index in [4.69, 9.17) is 4.98 Å². The molecule has 19 heavy (non-hydrogen) atoms. The molecule has 1 aliphatic carbocycles. The zero-order valence-corrected chi connectivity index (χ0v) is 14.2. The molecule has 0 aromatic carbocycles. The van der Waals surface area contributed by atoms with Gasteiger partial charge in [-0.2, -0.15) is 11.8 Å². The largest absolute Gasteiger partial charge is 0.309 e. The van der Waals surface area contributed by atoms with Crippen LogP contribution in [0.2, 0.25) is 0 Å². The van der Waals surface area contributed by atoms with Crippen molar-refractivity contribution in [3.8, 4) is 0 Å². The molecule has 1 aromatic rings. The summed E-state index contributed by atoms with van der Waals surface area (Å²) in [5.41, 5.74) is 1.32. The zero-order valence-electron chi connectivity index (χ0n) is 12.5. The van der Waals surface area contributed by atoms with Gasteiger partial charge in [0.15, 0.2) is 0 Å². The number of thiazole rings is 1. The van der Waals surface area contributed by atoms with E-state index >= 15 is 0 Å². The summed E-state index contributed by atoms with van der Waals surface area (Å²) >= 11 is 3.93. The average molecular weight is 299 g/mol. The van der Waals surface area contributed by atoms with E-state index in [0.29, 0.717) is 5.92 Å². The monoisotopic (exact) mass is 298 g/mol. The van der Waals surface area contributed by atoms with Gasteiger partial charge in [-0.25, -0.2) is 4.98 Å². The summed E-state index contributed by atoms with van der Waals surface area (Å²) in [4.78, 5) is 6.32. The Labute approximate surface area is 125 Å². The number of nitrogens with zero attached hydrogens (tertiary/aromatic N) is 1. The fraction of sp³-hybridized carbons (Fsp3) is 0.800. The molecule has 1 saturated carbocycles. The van der Waals surface area contributed by atoms with Crippen LogP contribution in [0.1, 0.15) is 62.0 Å². The Morgan fingerprint density at radius 1 is 1.32 bits per heavy atom. The van der Waals surface area contributed by atoms with Crippen molar-refractivity contribution in [1.29, 1.82) is 0 Å². The molecule has 1 fully saturated rings. The maximum absolute atomic E-state index is 4.86. The second kappa shape index (κ2) is 7.09. The van der Waals surface area contributed by atoms with Crippen molar-refractivity contribution in [2.45, 2.75) is 64.8 Å². The van der Waals surface area contributed by atoms with Crippen LogP contribution in [-0.4, -0.2) is 16.8 Å². The molecule has 1 aromatic heterocycles. The first-order valence-corrected chi connectivity index (χ1v) is 9.33. The summed E-state index contributed by atoms with van der Waals surface area (Å²) in [5, 5.41) is 4.93. The molecular weight excluding hydrogens is 272 g/mol. The summed E-state index contributed by atoms with van der Waals surface area (Å²) in [6, 6.07) is 0.779. The van der Waals surface area contributed by atoms with Gasteiger partial charge in [0, 0.05) is 23.2 Å². The van der Waals surface area contributed by atoms with E-state index in [0.717, 1.165) is 24.3 Å². The van der Waals surface area contributed by atoms with E-state index in [-0.39, 0.29) is 0 Å². The number of nitrogens with one attached hydrogen (secondary N) is 1. The second-order valence-corrected chi connectivity index (χ2v) is 8.33. The predicted octanol–water partition coefficient (Wildman–Crippen LogP) is 4.41. The lowest BCUT2D eigenvalue weighted by atomic mass is 10.1. The molecule has 1 N–H and O–H groups in total. The quantitative estimate of drug-likeness (QED) is 0.769. The van der Waals surface area contributed by atoms with Gasteiger partial charge >= 0.3 is 0 Å². The number of hydrogen-bond acceptors (Lipinski definition) is 4. The Morgan fingerprint density at radius 3 is 2.63 bits per heavy atom. The molecule has 1 heterocycles. The lowest BCUT2D eigenvalue weighted by Crippen LogP contribution is -2.15. The zero-order chi connectivity index (χ0) is 13.8. The Hall–Kier alpha value is -0.0600. The van der Waals surface area contributed by atoms with E-state index in [1.54, 1.807) is 0 Å². The number of thioether (sulfide) groups is 1. The van der Waals surface area contributed by atoms with Crippen LogP contribution in [0.15, 0.2) is 0 Å². The number of aromatic nitrogens is 1. The van der Waals surface area contributed by atoms with Gasteiger partial charge in [0.25, 0.3) is 0 Å². The van der Waals surface area contributed by atoms with Gasteiger partial charge in [-0.05, 0) is 30.4 Å². The normalized spacial score (nSPS) is 15.7. The smallest absolute Gasteiger partial charge is 0.103 e. The summed E-state index contributed by atoms with van der Waals surface area (Å²) in [5.74, 6) is 3.61. The molecule has 0 atom stereocenters. The maximum Gasteiger partial charge on any atom is 0.103 e. The minimum atomic E-state index is 0.538. The topological polar surface area (TPSA) is 24.9 Å². The Bertz CT molecular complexity index is 395. The fourth-order valence-electron chi connectivity index (χ4n) is 1.96. The van der Waals surface area contributed by atoms with Gasteiger partial charge in [-0.1, -0.05) is 27.7 Å². The van der Waals surface area contributed by atoms with Crippen molar-refractivity contribution in [3.05, 3.63) is 15.6 Å². The van der Waals surface area contributed by atoms with Crippen molar-refractivity contribution in [3.63, 3.8) is 0 Å². The molecule has 0 spiro atoms. The Morgan fingerprint density at radius 2 is 2.05 bits per heavy atom. The van der Waals surface area contributed by atoms with E-state index in [9.17, 15) is 0 Å². The highest BCUT2D eigenvalue weighted by atomic mass is 32.2. The standard InChI is InChI=1S/C15H26N2S2/c1-10(2)8-18-9-14-17-15(11(3)4)13(19-14)7-16-12-5-6-12/h10-12,16H,5-9H2,1-4H3. The molecule has 108 valence electrons. The highest BCUT2D eigenvalue weighted by Gasteiger charge is 2.22. The molecule has 0 amide bonds. The second-order valence-electron chi connectivity index (χ2n) is 6.13. The predicted molar refractivity (Wildman–Crippen MR) is 87.1 cm³/mol. The molecular formula is C15H26N2S2. The first-order valence-electron chi connectivity index (χ1n) is 7.35. The molecule has 0 aliphatic heterocycles. The minimum absolute atomic E-state index is 0.538. The summed E-state index contributed by atoms with van der Waals surface area (Å²) in [6.45, 7) is 10.1. The third-order valence-corrected chi connectivity index (χ3v) is 5.76. The molecule has 0 saturated heterocycles. The van der Waals surface area contributed by atoms with Gasteiger partial charge in [0.2, 0.25) is 0 Å². The van der Waals surface area contributed by atoms with Crippen LogP contribution in [-0.2, 0) is 12.3 Å².